The number of amides is 2. The molecule has 1 aromatic rings. The molecule has 3 rings (SSSR count). The minimum atomic E-state index is -0.381. The van der Waals surface area contributed by atoms with Crippen LogP contribution in [0.25, 0.3) is 6.08 Å². The van der Waals surface area contributed by atoms with Crippen molar-refractivity contribution >= 4 is 35.0 Å². The van der Waals surface area contributed by atoms with E-state index in [1.54, 1.807) is 18.2 Å². The molecule has 114 valence electrons. The largest absolute Gasteiger partial charge is 0.426 e. The molecule has 0 unspecified atom stereocenters. The maximum Gasteiger partial charge on any atom is 0.314 e. The van der Waals surface area contributed by atoms with Crippen LogP contribution in [0.2, 0.25) is 0 Å². The molecule has 1 aromatic carbocycles. The van der Waals surface area contributed by atoms with Crippen molar-refractivity contribution in [3.63, 3.8) is 0 Å². The SMILES string of the molecule is Cc1cc(/C=C2\SC(=O)NC2=O)ccc1OC(=O)C1CCC1. The summed E-state index contributed by atoms with van der Waals surface area (Å²) in [5.74, 6) is 0.0226. The third-order valence-electron chi connectivity index (χ3n) is 3.79. The highest BCUT2D eigenvalue weighted by atomic mass is 32.2. The molecule has 1 saturated heterocycles. The van der Waals surface area contributed by atoms with E-state index in [4.69, 9.17) is 4.74 Å². The summed E-state index contributed by atoms with van der Waals surface area (Å²) in [6.07, 6.45) is 4.55. The number of ether oxygens (including phenoxy) is 1. The van der Waals surface area contributed by atoms with Gasteiger partial charge in [-0.05, 0) is 60.9 Å². The zero-order valence-corrected chi connectivity index (χ0v) is 12.9. The Morgan fingerprint density at radius 3 is 2.68 bits per heavy atom. The van der Waals surface area contributed by atoms with Crippen LogP contribution in [-0.2, 0) is 9.59 Å². The second kappa shape index (κ2) is 5.96. The fraction of sp³-hybridized carbons (Fsp3) is 0.312. The van der Waals surface area contributed by atoms with E-state index in [0.29, 0.717) is 10.7 Å². The number of esters is 1. The summed E-state index contributed by atoms with van der Waals surface area (Å²) in [6, 6.07) is 5.31. The van der Waals surface area contributed by atoms with Crippen LogP contribution in [-0.4, -0.2) is 17.1 Å². The summed E-state index contributed by atoms with van der Waals surface area (Å²) in [7, 11) is 0. The van der Waals surface area contributed by atoms with E-state index in [1.165, 1.54) is 0 Å². The molecule has 0 radical (unpaired) electrons. The number of hydrogen-bond acceptors (Lipinski definition) is 5. The van der Waals surface area contributed by atoms with Crippen LogP contribution in [0, 0.1) is 12.8 Å². The van der Waals surface area contributed by atoms with Gasteiger partial charge in [0.2, 0.25) is 0 Å². The molecule has 1 heterocycles. The van der Waals surface area contributed by atoms with Crippen molar-refractivity contribution in [1.82, 2.24) is 5.32 Å². The first-order valence-corrected chi connectivity index (χ1v) is 7.92. The minimum Gasteiger partial charge on any atom is -0.426 e. The Hall–Kier alpha value is -2.08. The van der Waals surface area contributed by atoms with Gasteiger partial charge in [-0.1, -0.05) is 12.5 Å². The van der Waals surface area contributed by atoms with Crippen LogP contribution in [0.3, 0.4) is 0 Å². The van der Waals surface area contributed by atoms with E-state index < -0.39 is 0 Å². The van der Waals surface area contributed by atoms with E-state index in [9.17, 15) is 14.4 Å². The molecule has 1 aliphatic heterocycles. The Bertz CT molecular complexity index is 691. The molecule has 5 nitrogen and oxygen atoms in total. The normalized spacial score (nSPS) is 20.0. The summed E-state index contributed by atoms with van der Waals surface area (Å²) < 4.78 is 5.41. The summed E-state index contributed by atoms with van der Waals surface area (Å²) in [5, 5.41) is 1.85. The monoisotopic (exact) mass is 317 g/mol. The number of benzene rings is 1. The van der Waals surface area contributed by atoms with E-state index in [1.807, 2.05) is 13.0 Å². The first-order valence-electron chi connectivity index (χ1n) is 7.10. The van der Waals surface area contributed by atoms with Crippen molar-refractivity contribution in [2.75, 3.05) is 0 Å². The van der Waals surface area contributed by atoms with Crippen molar-refractivity contribution in [1.29, 1.82) is 0 Å². The molecule has 2 fully saturated rings. The number of hydrogen-bond donors (Lipinski definition) is 1. The molecule has 6 heteroatoms. The Kier molecular flexibility index (Phi) is 4.02. The lowest BCUT2D eigenvalue weighted by atomic mass is 9.86. The van der Waals surface area contributed by atoms with Crippen molar-refractivity contribution in [3.8, 4) is 5.75 Å². The van der Waals surface area contributed by atoms with Gasteiger partial charge in [-0.2, -0.15) is 0 Å². The Balaban J connectivity index is 1.74. The molecule has 0 aromatic heterocycles. The molecule has 1 aliphatic carbocycles. The van der Waals surface area contributed by atoms with Crippen molar-refractivity contribution in [3.05, 3.63) is 34.2 Å². The Morgan fingerprint density at radius 2 is 2.14 bits per heavy atom. The quantitative estimate of drug-likeness (QED) is 0.527. The van der Waals surface area contributed by atoms with Crippen LogP contribution in [0.4, 0.5) is 4.79 Å². The zero-order valence-electron chi connectivity index (χ0n) is 12.0. The van der Waals surface area contributed by atoms with E-state index >= 15 is 0 Å². The van der Waals surface area contributed by atoms with Crippen molar-refractivity contribution in [2.24, 2.45) is 5.92 Å². The molecule has 2 aliphatic rings. The Morgan fingerprint density at radius 1 is 1.36 bits per heavy atom. The van der Waals surface area contributed by atoms with Crippen molar-refractivity contribution in [2.45, 2.75) is 26.2 Å². The number of thioether (sulfide) groups is 1. The summed E-state index contributed by atoms with van der Waals surface area (Å²) >= 11 is 0.880. The maximum atomic E-state index is 11.9. The van der Waals surface area contributed by atoms with Crippen molar-refractivity contribution < 1.29 is 19.1 Å². The van der Waals surface area contributed by atoms with E-state index in [-0.39, 0.29) is 23.0 Å². The zero-order chi connectivity index (χ0) is 15.7. The summed E-state index contributed by atoms with van der Waals surface area (Å²) in [4.78, 5) is 34.9. The third kappa shape index (κ3) is 3.06. The smallest absolute Gasteiger partial charge is 0.314 e. The maximum absolute atomic E-state index is 11.9. The standard InChI is InChI=1S/C16H15NO4S/c1-9-7-10(8-13-14(18)17-16(20)22-13)5-6-12(9)21-15(19)11-3-2-4-11/h5-8,11H,2-4H2,1H3,(H,17,18,20)/b13-8-. The van der Waals surface area contributed by atoms with Crippen LogP contribution in [0.15, 0.2) is 23.1 Å². The van der Waals surface area contributed by atoms with Gasteiger partial charge in [0.25, 0.3) is 11.1 Å². The van der Waals surface area contributed by atoms with Gasteiger partial charge >= 0.3 is 5.97 Å². The molecule has 1 saturated carbocycles. The number of imide groups is 1. The fourth-order valence-corrected chi connectivity index (χ4v) is 2.97. The lowest BCUT2D eigenvalue weighted by Crippen LogP contribution is -2.26. The summed E-state index contributed by atoms with van der Waals surface area (Å²) in [6.45, 7) is 1.85. The van der Waals surface area contributed by atoms with Gasteiger partial charge < -0.3 is 4.74 Å². The molecule has 0 atom stereocenters. The van der Waals surface area contributed by atoms with Gasteiger partial charge in [0.05, 0.1) is 10.8 Å². The average Bonchev–Trinajstić information content (AvgIpc) is 2.69. The highest BCUT2D eigenvalue weighted by Gasteiger charge is 2.27. The van der Waals surface area contributed by atoms with E-state index in [0.717, 1.165) is 42.2 Å². The van der Waals surface area contributed by atoms with E-state index in [2.05, 4.69) is 5.32 Å². The third-order valence-corrected chi connectivity index (χ3v) is 4.60. The first kappa shape index (κ1) is 14.8. The number of carbonyl (C=O) groups is 3. The molecule has 0 spiro atoms. The van der Waals surface area contributed by atoms with Gasteiger partial charge in [-0.25, -0.2) is 0 Å². The number of carbonyl (C=O) groups excluding carboxylic acids is 3. The van der Waals surface area contributed by atoms with Crippen LogP contribution in [0.5, 0.6) is 5.75 Å². The second-order valence-corrected chi connectivity index (χ2v) is 6.44. The highest BCUT2D eigenvalue weighted by Crippen LogP contribution is 2.30. The molecule has 1 N–H and O–H groups in total. The molecule has 2 amide bonds. The number of nitrogens with one attached hydrogen (secondary N) is 1. The van der Waals surface area contributed by atoms with Crippen LogP contribution < -0.4 is 10.1 Å². The lowest BCUT2D eigenvalue weighted by Gasteiger charge is -2.23. The predicted octanol–water partition coefficient (Wildman–Crippen LogP) is 3.02. The van der Waals surface area contributed by atoms with Gasteiger partial charge in [0.15, 0.2) is 0 Å². The topological polar surface area (TPSA) is 72.5 Å². The van der Waals surface area contributed by atoms with Gasteiger partial charge in [-0.3, -0.25) is 19.7 Å². The summed E-state index contributed by atoms with van der Waals surface area (Å²) in [5.41, 5.74) is 1.60. The minimum absolute atomic E-state index is 0.0331. The van der Waals surface area contributed by atoms with Gasteiger partial charge in [-0.15, -0.1) is 0 Å². The lowest BCUT2D eigenvalue weighted by molar-refractivity contribution is -0.141. The van der Waals surface area contributed by atoms with Crippen LogP contribution in [0.1, 0.15) is 30.4 Å². The number of rotatable bonds is 3. The molecular formula is C16H15NO4S. The van der Waals surface area contributed by atoms with Gasteiger partial charge in [0, 0.05) is 0 Å². The molecule has 22 heavy (non-hydrogen) atoms. The Labute approximate surface area is 132 Å². The highest BCUT2D eigenvalue weighted by molar-refractivity contribution is 8.18. The fourth-order valence-electron chi connectivity index (χ4n) is 2.28. The van der Waals surface area contributed by atoms with Gasteiger partial charge in [0.1, 0.15) is 5.75 Å². The average molecular weight is 317 g/mol. The molecular weight excluding hydrogens is 302 g/mol. The second-order valence-electron chi connectivity index (χ2n) is 5.43. The first-order chi connectivity index (χ1) is 10.5. The molecule has 0 bridgehead atoms. The predicted molar refractivity (Wildman–Crippen MR) is 83.3 cm³/mol. The number of aryl methyl sites for hydroxylation is 1. The van der Waals surface area contributed by atoms with Crippen LogP contribution >= 0.6 is 11.8 Å².